The monoisotopic (exact) mass is 496 g/mol. The van der Waals surface area contributed by atoms with E-state index >= 15 is 0 Å². The summed E-state index contributed by atoms with van der Waals surface area (Å²) in [4.78, 5) is 26.9. The molecule has 4 rings (SSSR count). The van der Waals surface area contributed by atoms with Crippen LogP contribution >= 0.6 is 23.2 Å². The van der Waals surface area contributed by atoms with Crippen molar-refractivity contribution in [2.75, 3.05) is 16.8 Å². The molecule has 0 unspecified atom stereocenters. The Labute approximate surface area is 209 Å². The molecular formula is C27H26Cl2N2O3. The number of benzene rings is 3. The van der Waals surface area contributed by atoms with Crippen molar-refractivity contribution in [3.05, 3.63) is 81.8 Å². The van der Waals surface area contributed by atoms with Gasteiger partial charge in [0.2, 0.25) is 11.8 Å². The number of ether oxygens (including phenoxy) is 1. The second-order valence-corrected chi connectivity index (χ2v) is 9.58. The topological polar surface area (TPSA) is 58.6 Å². The summed E-state index contributed by atoms with van der Waals surface area (Å²) in [5.41, 5.74) is 3.42. The molecule has 0 aliphatic carbocycles. The van der Waals surface area contributed by atoms with E-state index in [1.54, 1.807) is 30.3 Å². The highest BCUT2D eigenvalue weighted by atomic mass is 35.5. The summed E-state index contributed by atoms with van der Waals surface area (Å²) < 4.78 is 6.12. The highest BCUT2D eigenvalue weighted by Gasteiger charge is 2.36. The predicted molar refractivity (Wildman–Crippen MR) is 137 cm³/mol. The van der Waals surface area contributed by atoms with Gasteiger partial charge in [-0.3, -0.25) is 9.59 Å². The van der Waals surface area contributed by atoms with E-state index in [1.807, 2.05) is 25.1 Å². The van der Waals surface area contributed by atoms with Crippen LogP contribution in [0.1, 0.15) is 37.3 Å². The van der Waals surface area contributed by atoms with Gasteiger partial charge in [-0.05, 0) is 66.4 Å². The maximum absolute atomic E-state index is 12.8. The standard InChI is InChI=1S/C27H26Cl2N2O3/c1-16(2)21-12-7-17(3)13-24(21)34-20-10-8-19(9-11-20)30-27(33)18-14-25(32)31(15-18)23-6-4-5-22(28)26(23)29/h4-13,16,18H,14-15H2,1-3H3,(H,30,33)/t18-/m0/s1. The van der Waals surface area contributed by atoms with Gasteiger partial charge in [0.05, 0.1) is 21.7 Å². The van der Waals surface area contributed by atoms with Gasteiger partial charge in [0.15, 0.2) is 0 Å². The first kappa shape index (κ1) is 24.1. The zero-order valence-electron chi connectivity index (χ0n) is 19.3. The van der Waals surface area contributed by atoms with Crippen molar-refractivity contribution in [3.63, 3.8) is 0 Å². The van der Waals surface area contributed by atoms with Gasteiger partial charge < -0.3 is 15.0 Å². The van der Waals surface area contributed by atoms with Crippen LogP contribution in [0.2, 0.25) is 10.0 Å². The van der Waals surface area contributed by atoms with Gasteiger partial charge in [0.1, 0.15) is 11.5 Å². The summed E-state index contributed by atoms with van der Waals surface area (Å²) in [5.74, 6) is 0.985. The van der Waals surface area contributed by atoms with Crippen LogP contribution in [0.25, 0.3) is 0 Å². The largest absolute Gasteiger partial charge is 0.457 e. The molecule has 1 aliphatic heterocycles. The summed E-state index contributed by atoms with van der Waals surface area (Å²) in [6, 6.07) is 18.5. The first-order valence-electron chi connectivity index (χ1n) is 11.2. The molecule has 0 radical (unpaired) electrons. The van der Waals surface area contributed by atoms with Gasteiger partial charge in [-0.25, -0.2) is 0 Å². The minimum Gasteiger partial charge on any atom is -0.457 e. The number of halogens is 2. The number of rotatable bonds is 6. The summed E-state index contributed by atoms with van der Waals surface area (Å²) in [6.45, 7) is 6.54. The molecule has 0 saturated carbocycles. The first-order chi connectivity index (χ1) is 16.2. The van der Waals surface area contributed by atoms with Gasteiger partial charge in [0.25, 0.3) is 0 Å². The number of hydrogen-bond acceptors (Lipinski definition) is 3. The van der Waals surface area contributed by atoms with Crippen LogP contribution in [0.4, 0.5) is 11.4 Å². The van der Waals surface area contributed by atoms with E-state index in [1.165, 1.54) is 4.90 Å². The number of nitrogens with one attached hydrogen (secondary N) is 1. The van der Waals surface area contributed by atoms with Crippen LogP contribution < -0.4 is 15.0 Å². The van der Waals surface area contributed by atoms with Crippen LogP contribution in [0.5, 0.6) is 11.5 Å². The fraction of sp³-hybridized carbons (Fsp3) is 0.259. The molecule has 176 valence electrons. The fourth-order valence-corrected chi connectivity index (χ4v) is 4.40. The van der Waals surface area contributed by atoms with Gasteiger partial charge in [-0.1, -0.05) is 55.2 Å². The zero-order chi connectivity index (χ0) is 24.4. The van der Waals surface area contributed by atoms with Gasteiger partial charge >= 0.3 is 0 Å². The Bertz CT molecular complexity index is 1230. The number of amides is 2. The van der Waals surface area contributed by atoms with Crippen LogP contribution in [0, 0.1) is 12.8 Å². The van der Waals surface area contributed by atoms with Gasteiger partial charge in [-0.15, -0.1) is 0 Å². The lowest BCUT2D eigenvalue weighted by molar-refractivity contribution is -0.122. The lowest BCUT2D eigenvalue weighted by Crippen LogP contribution is -2.28. The van der Waals surface area contributed by atoms with Crippen LogP contribution in [-0.4, -0.2) is 18.4 Å². The number of anilines is 2. The summed E-state index contributed by atoms with van der Waals surface area (Å²) in [6.07, 6.45) is 0.112. The van der Waals surface area contributed by atoms with E-state index < -0.39 is 5.92 Å². The number of hydrogen-bond donors (Lipinski definition) is 1. The van der Waals surface area contributed by atoms with Gasteiger partial charge in [-0.2, -0.15) is 0 Å². The smallest absolute Gasteiger partial charge is 0.229 e. The van der Waals surface area contributed by atoms with E-state index in [0.717, 1.165) is 16.9 Å². The molecule has 3 aromatic rings. The molecule has 1 N–H and O–H groups in total. The number of aryl methyl sites for hydroxylation is 1. The number of carbonyl (C=O) groups excluding carboxylic acids is 2. The Morgan fingerprint density at radius 2 is 1.82 bits per heavy atom. The molecule has 0 aromatic heterocycles. The second-order valence-electron chi connectivity index (χ2n) is 8.79. The second kappa shape index (κ2) is 10.1. The summed E-state index contributed by atoms with van der Waals surface area (Å²) >= 11 is 12.3. The van der Waals surface area contributed by atoms with E-state index in [9.17, 15) is 9.59 Å². The highest BCUT2D eigenvalue weighted by molar-refractivity contribution is 6.44. The van der Waals surface area contributed by atoms with Crippen molar-refractivity contribution in [2.45, 2.75) is 33.1 Å². The van der Waals surface area contributed by atoms with E-state index in [4.69, 9.17) is 27.9 Å². The Morgan fingerprint density at radius 1 is 1.09 bits per heavy atom. The van der Waals surface area contributed by atoms with Crippen LogP contribution in [0.3, 0.4) is 0 Å². The normalized spacial score (nSPS) is 15.6. The van der Waals surface area contributed by atoms with E-state index in [0.29, 0.717) is 33.1 Å². The lowest BCUT2D eigenvalue weighted by Gasteiger charge is -2.18. The summed E-state index contributed by atoms with van der Waals surface area (Å²) in [7, 11) is 0. The molecule has 1 aliphatic rings. The fourth-order valence-electron chi connectivity index (χ4n) is 4.00. The molecule has 1 fully saturated rings. The molecule has 1 atom stereocenters. The molecule has 0 spiro atoms. The maximum atomic E-state index is 12.8. The summed E-state index contributed by atoms with van der Waals surface area (Å²) in [5, 5.41) is 3.58. The van der Waals surface area contributed by atoms with Crippen molar-refractivity contribution < 1.29 is 14.3 Å². The van der Waals surface area contributed by atoms with E-state index in [-0.39, 0.29) is 24.8 Å². The van der Waals surface area contributed by atoms with Crippen molar-refractivity contribution in [3.8, 4) is 11.5 Å². The third kappa shape index (κ3) is 5.21. The van der Waals surface area contributed by atoms with Gasteiger partial charge in [0, 0.05) is 18.7 Å². The third-order valence-corrected chi connectivity index (χ3v) is 6.67. The highest BCUT2D eigenvalue weighted by Crippen LogP contribution is 2.36. The SMILES string of the molecule is Cc1ccc(C(C)C)c(Oc2ccc(NC(=O)[C@H]3CC(=O)N(c4cccc(Cl)c4Cl)C3)cc2)c1. The average molecular weight is 497 g/mol. The quantitative estimate of drug-likeness (QED) is 0.392. The average Bonchev–Trinajstić information content (AvgIpc) is 3.18. The molecular weight excluding hydrogens is 471 g/mol. The molecule has 7 heteroatoms. The molecule has 34 heavy (non-hydrogen) atoms. The maximum Gasteiger partial charge on any atom is 0.229 e. The van der Waals surface area contributed by atoms with Crippen LogP contribution in [0.15, 0.2) is 60.7 Å². The molecule has 5 nitrogen and oxygen atoms in total. The minimum atomic E-state index is -0.487. The van der Waals surface area contributed by atoms with E-state index in [2.05, 4.69) is 31.3 Å². The lowest BCUT2D eigenvalue weighted by atomic mass is 10.0. The van der Waals surface area contributed by atoms with Crippen molar-refractivity contribution in [1.29, 1.82) is 0 Å². The molecule has 1 saturated heterocycles. The Hall–Kier alpha value is -3.02. The van der Waals surface area contributed by atoms with Crippen molar-refractivity contribution in [1.82, 2.24) is 0 Å². The number of nitrogens with zero attached hydrogens (tertiary/aromatic N) is 1. The number of carbonyl (C=O) groups is 2. The Kier molecular flexibility index (Phi) is 7.15. The molecule has 3 aromatic carbocycles. The molecule has 2 amide bonds. The third-order valence-electron chi connectivity index (χ3n) is 5.86. The molecule has 1 heterocycles. The zero-order valence-corrected chi connectivity index (χ0v) is 20.8. The Morgan fingerprint density at radius 3 is 2.53 bits per heavy atom. The van der Waals surface area contributed by atoms with Crippen molar-refractivity contribution >= 4 is 46.4 Å². The predicted octanol–water partition coefficient (Wildman–Crippen LogP) is 7.21. The van der Waals surface area contributed by atoms with Crippen LogP contribution in [-0.2, 0) is 9.59 Å². The Balaban J connectivity index is 1.41. The molecule has 0 bridgehead atoms. The first-order valence-corrected chi connectivity index (χ1v) is 11.9. The minimum absolute atomic E-state index is 0.112. The van der Waals surface area contributed by atoms with Crippen molar-refractivity contribution in [2.24, 2.45) is 5.92 Å².